The molecular weight excluding hydrogens is 290 g/mol. The molecule has 1 aromatic carbocycles. The van der Waals surface area contributed by atoms with E-state index in [9.17, 15) is 17.2 Å². The molecule has 0 aliphatic rings. The summed E-state index contributed by atoms with van der Waals surface area (Å²) < 4.78 is 49.0. The zero-order valence-corrected chi connectivity index (χ0v) is 10.5. The van der Waals surface area contributed by atoms with Crippen molar-refractivity contribution in [1.82, 2.24) is 0 Å². The Kier molecular flexibility index (Phi) is 3.50. The van der Waals surface area contributed by atoms with Crippen molar-refractivity contribution in [3.05, 3.63) is 28.2 Å². The van der Waals surface area contributed by atoms with Crippen LogP contribution in [0.3, 0.4) is 0 Å². The fraction of sp³-hybridized carbons (Fsp3) is 0.333. The van der Waals surface area contributed by atoms with Gasteiger partial charge in [0.15, 0.2) is 9.84 Å². The first-order valence-corrected chi connectivity index (χ1v) is 6.49. The van der Waals surface area contributed by atoms with Crippen LogP contribution in [0.4, 0.5) is 8.78 Å². The number of sulfone groups is 1. The summed E-state index contributed by atoms with van der Waals surface area (Å²) in [6.07, 6.45) is 0. The molecule has 0 spiro atoms. The molecular formula is C9H9BrF2O2S. The second kappa shape index (κ2) is 4.17. The molecule has 0 aliphatic heterocycles. The highest BCUT2D eigenvalue weighted by atomic mass is 79.9. The summed E-state index contributed by atoms with van der Waals surface area (Å²) in [4.78, 5) is -0.337. The van der Waals surface area contributed by atoms with Crippen LogP contribution in [0.5, 0.6) is 0 Å². The standard InChI is InChI=1S/C9H9BrF2O2S/c1-5(2)15(13,14)6-3-7(11)9(10)8(12)4-6/h3-5H,1-2H3. The Morgan fingerprint density at radius 2 is 1.60 bits per heavy atom. The summed E-state index contributed by atoms with van der Waals surface area (Å²) in [5, 5.41) is -0.711. The minimum Gasteiger partial charge on any atom is -0.223 e. The molecule has 2 nitrogen and oxygen atoms in total. The third kappa shape index (κ3) is 2.36. The van der Waals surface area contributed by atoms with Crippen molar-refractivity contribution < 1.29 is 17.2 Å². The highest BCUT2D eigenvalue weighted by Crippen LogP contribution is 2.25. The van der Waals surface area contributed by atoms with Gasteiger partial charge in [0, 0.05) is 0 Å². The van der Waals surface area contributed by atoms with Gasteiger partial charge in [-0.05, 0) is 41.9 Å². The van der Waals surface area contributed by atoms with Crippen molar-refractivity contribution in [3.63, 3.8) is 0 Å². The van der Waals surface area contributed by atoms with Crippen molar-refractivity contribution in [3.8, 4) is 0 Å². The molecule has 0 heterocycles. The first-order valence-electron chi connectivity index (χ1n) is 4.15. The molecule has 0 unspecified atom stereocenters. The van der Waals surface area contributed by atoms with E-state index in [0.717, 1.165) is 12.1 Å². The maximum Gasteiger partial charge on any atom is 0.180 e. The van der Waals surface area contributed by atoms with Gasteiger partial charge in [-0.1, -0.05) is 0 Å². The Hall–Kier alpha value is -0.490. The predicted molar refractivity (Wildman–Crippen MR) is 56.4 cm³/mol. The molecule has 0 saturated carbocycles. The molecule has 6 heteroatoms. The van der Waals surface area contributed by atoms with Gasteiger partial charge in [-0.2, -0.15) is 0 Å². The second-order valence-corrected chi connectivity index (χ2v) is 6.59. The van der Waals surface area contributed by atoms with Gasteiger partial charge >= 0.3 is 0 Å². The average Bonchev–Trinajstić information content (AvgIpc) is 2.13. The lowest BCUT2D eigenvalue weighted by Crippen LogP contribution is -2.14. The highest BCUT2D eigenvalue weighted by Gasteiger charge is 2.22. The summed E-state index contributed by atoms with van der Waals surface area (Å²) in [5.74, 6) is -1.84. The summed E-state index contributed by atoms with van der Waals surface area (Å²) in [6, 6.07) is 1.62. The summed E-state index contributed by atoms with van der Waals surface area (Å²) >= 11 is 2.67. The van der Waals surface area contributed by atoms with Gasteiger partial charge in [-0.25, -0.2) is 17.2 Å². The van der Waals surface area contributed by atoms with Crippen molar-refractivity contribution in [2.75, 3.05) is 0 Å². The van der Waals surface area contributed by atoms with Crippen LogP contribution in [0.25, 0.3) is 0 Å². The minimum absolute atomic E-state index is 0.337. The lowest BCUT2D eigenvalue weighted by molar-refractivity contribution is 0.556. The third-order valence-corrected chi connectivity index (χ3v) is 4.80. The van der Waals surface area contributed by atoms with Crippen molar-refractivity contribution >= 4 is 25.8 Å². The summed E-state index contributed by atoms with van der Waals surface area (Å²) in [7, 11) is -3.64. The fourth-order valence-corrected chi connectivity index (χ4v) is 2.28. The Morgan fingerprint density at radius 3 is 1.93 bits per heavy atom. The van der Waals surface area contributed by atoms with Crippen LogP contribution in [0.1, 0.15) is 13.8 Å². The van der Waals surface area contributed by atoms with Crippen molar-refractivity contribution in [2.24, 2.45) is 0 Å². The van der Waals surface area contributed by atoms with Crippen LogP contribution >= 0.6 is 15.9 Å². The Bertz CT molecular complexity index is 460. The van der Waals surface area contributed by atoms with Crippen molar-refractivity contribution in [2.45, 2.75) is 24.0 Å². The highest BCUT2D eigenvalue weighted by molar-refractivity contribution is 9.10. The van der Waals surface area contributed by atoms with E-state index < -0.39 is 26.7 Å². The van der Waals surface area contributed by atoms with Crippen LogP contribution in [0, 0.1) is 11.6 Å². The molecule has 0 N–H and O–H groups in total. The van der Waals surface area contributed by atoms with Gasteiger partial charge in [0.25, 0.3) is 0 Å². The van der Waals surface area contributed by atoms with E-state index >= 15 is 0 Å². The van der Waals surface area contributed by atoms with Gasteiger partial charge in [-0.3, -0.25) is 0 Å². The number of hydrogen-bond donors (Lipinski definition) is 0. The topological polar surface area (TPSA) is 34.1 Å². The largest absolute Gasteiger partial charge is 0.223 e. The van der Waals surface area contributed by atoms with E-state index in [1.807, 2.05) is 0 Å². The molecule has 1 aromatic rings. The summed E-state index contributed by atoms with van der Waals surface area (Å²) in [6.45, 7) is 2.90. The fourth-order valence-electron chi connectivity index (χ4n) is 0.969. The summed E-state index contributed by atoms with van der Waals surface area (Å²) in [5.41, 5.74) is 0. The van der Waals surface area contributed by atoms with Crippen LogP contribution in [-0.2, 0) is 9.84 Å². The number of halogens is 3. The van der Waals surface area contributed by atoms with E-state index in [0.29, 0.717) is 0 Å². The molecule has 0 atom stereocenters. The van der Waals surface area contributed by atoms with Gasteiger partial charge < -0.3 is 0 Å². The quantitative estimate of drug-likeness (QED) is 0.787. The maximum atomic E-state index is 13.1. The molecule has 15 heavy (non-hydrogen) atoms. The van der Waals surface area contributed by atoms with Crippen molar-refractivity contribution in [1.29, 1.82) is 0 Å². The van der Waals surface area contributed by atoms with Gasteiger partial charge in [0.05, 0.1) is 14.6 Å². The zero-order chi connectivity index (χ0) is 11.8. The predicted octanol–water partition coefficient (Wildman–Crippen LogP) is 2.91. The Balaban J connectivity index is 3.42. The second-order valence-electron chi connectivity index (χ2n) is 3.29. The molecule has 0 amide bonds. The molecule has 84 valence electrons. The number of hydrogen-bond acceptors (Lipinski definition) is 2. The molecule has 0 saturated heterocycles. The first kappa shape index (κ1) is 12.6. The van der Waals surface area contributed by atoms with Gasteiger partial charge in [0.1, 0.15) is 11.6 Å². The average molecular weight is 299 g/mol. The molecule has 0 bridgehead atoms. The molecule has 0 radical (unpaired) electrons. The first-order chi connectivity index (χ1) is 6.76. The Morgan fingerprint density at radius 1 is 1.20 bits per heavy atom. The number of benzene rings is 1. The third-order valence-electron chi connectivity index (χ3n) is 1.91. The van der Waals surface area contributed by atoms with E-state index in [2.05, 4.69) is 15.9 Å². The smallest absolute Gasteiger partial charge is 0.180 e. The number of rotatable bonds is 2. The van der Waals surface area contributed by atoms with Gasteiger partial charge in [-0.15, -0.1) is 0 Å². The van der Waals surface area contributed by atoms with Gasteiger partial charge in [0.2, 0.25) is 0 Å². The van der Waals surface area contributed by atoms with Crippen LogP contribution in [-0.4, -0.2) is 13.7 Å². The monoisotopic (exact) mass is 298 g/mol. The molecule has 1 rings (SSSR count). The van der Waals surface area contributed by atoms with Crippen LogP contribution in [0.15, 0.2) is 21.5 Å². The van der Waals surface area contributed by atoms with Crippen LogP contribution in [0.2, 0.25) is 0 Å². The lowest BCUT2D eigenvalue weighted by atomic mass is 10.3. The molecule has 0 fully saturated rings. The molecule has 0 aliphatic carbocycles. The Labute approximate surface area is 95.4 Å². The maximum absolute atomic E-state index is 13.1. The normalized spacial score (nSPS) is 12.1. The van der Waals surface area contributed by atoms with Crippen LogP contribution < -0.4 is 0 Å². The van der Waals surface area contributed by atoms with E-state index in [-0.39, 0.29) is 9.37 Å². The van der Waals surface area contributed by atoms with E-state index in [1.165, 1.54) is 13.8 Å². The van der Waals surface area contributed by atoms with E-state index in [4.69, 9.17) is 0 Å². The SMILES string of the molecule is CC(C)S(=O)(=O)c1cc(F)c(Br)c(F)c1. The minimum atomic E-state index is -3.64. The molecule has 0 aromatic heterocycles. The van der Waals surface area contributed by atoms with E-state index in [1.54, 1.807) is 0 Å². The lowest BCUT2D eigenvalue weighted by Gasteiger charge is -2.08. The zero-order valence-electron chi connectivity index (χ0n) is 8.09.